The number of pyridine rings is 2. The molecule has 0 aliphatic heterocycles. The molecule has 33 heavy (non-hydrogen) atoms. The number of nitrogens with two attached hydrogens (primary N) is 1. The summed E-state index contributed by atoms with van der Waals surface area (Å²) >= 11 is 0. The van der Waals surface area contributed by atoms with E-state index in [2.05, 4.69) is 20.4 Å². The highest BCUT2D eigenvalue weighted by molar-refractivity contribution is 5.93. The van der Waals surface area contributed by atoms with E-state index in [-0.39, 0.29) is 35.2 Å². The second kappa shape index (κ2) is 8.49. The lowest BCUT2D eigenvalue weighted by molar-refractivity contribution is -0.136. The maximum absolute atomic E-state index is 14.1. The largest absolute Gasteiger partial charge is 0.417 e. The number of anilines is 1. The minimum absolute atomic E-state index is 0.0430. The molecule has 0 spiro atoms. The topological polar surface area (TPSA) is 98.7 Å². The van der Waals surface area contributed by atoms with Crippen LogP contribution in [0.2, 0.25) is 0 Å². The van der Waals surface area contributed by atoms with Gasteiger partial charge in [-0.3, -0.25) is 9.48 Å². The number of alkyl halides is 3. The Bertz CT molecular complexity index is 1350. The van der Waals surface area contributed by atoms with Crippen molar-refractivity contribution in [2.45, 2.75) is 26.2 Å². The van der Waals surface area contributed by atoms with Crippen LogP contribution < -0.4 is 11.1 Å². The Morgan fingerprint density at radius 2 is 1.97 bits per heavy atom. The predicted molar refractivity (Wildman–Crippen MR) is 113 cm³/mol. The summed E-state index contributed by atoms with van der Waals surface area (Å²) in [6.45, 7) is 1.80. The minimum Gasteiger partial charge on any atom is -0.384 e. The quantitative estimate of drug-likeness (QED) is 0.443. The molecule has 3 N–H and O–H groups in total. The monoisotopic (exact) mass is 458 g/mol. The zero-order chi connectivity index (χ0) is 23.8. The molecule has 0 bridgehead atoms. The number of benzene rings is 1. The number of nitrogens with one attached hydrogen (secondary N) is 1. The van der Waals surface area contributed by atoms with Gasteiger partial charge in [-0.2, -0.15) is 18.3 Å². The summed E-state index contributed by atoms with van der Waals surface area (Å²) in [5.41, 5.74) is 5.88. The van der Waals surface area contributed by atoms with Crippen LogP contribution in [0.5, 0.6) is 0 Å². The van der Waals surface area contributed by atoms with Crippen LogP contribution in [0.4, 0.5) is 23.4 Å². The highest BCUT2D eigenvalue weighted by atomic mass is 19.4. The number of aromatic nitrogens is 4. The Morgan fingerprint density at radius 3 is 2.70 bits per heavy atom. The third kappa shape index (κ3) is 4.76. The smallest absolute Gasteiger partial charge is 0.384 e. The van der Waals surface area contributed by atoms with Gasteiger partial charge < -0.3 is 11.1 Å². The number of amides is 1. The molecule has 1 aromatic carbocycles. The fraction of sp³-hybridized carbons (Fsp3) is 0.182. The molecule has 0 unspecified atom stereocenters. The number of fused-ring (bicyclic) bond motifs is 1. The number of hydrogen-bond acceptors (Lipinski definition) is 5. The molecule has 3 heterocycles. The Kier molecular flexibility index (Phi) is 5.71. The van der Waals surface area contributed by atoms with Gasteiger partial charge in [-0.25, -0.2) is 14.4 Å². The van der Waals surface area contributed by atoms with Crippen LogP contribution >= 0.6 is 0 Å². The van der Waals surface area contributed by atoms with E-state index < -0.39 is 23.5 Å². The van der Waals surface area contributed by atoms with E-state index in [1.165, 1.54) is 29.2 Å². The molecule has 0 aliphatic rings. The van der Waals surface area contributed by atoms with Crippen LogP contribution in [0.15, 0.2) is 48.8 Å². The van der Waals surface area contributed by atoms with Crippen molar-refractivity contribution >= 4 is 22.6 Å². The summed E-state index contributed by atoms with van der Waals surface area (Å²) in [6.07, 6.45) is -2.02. The molecule has 0 fully saturated rings. The summed E-state index contributed by atoms with van der Waals surface area (Å²) in [4.78, 5) is 20.6. The van der Waals surface area contributed by atoms with E-state index in [9.17, 15) is 22.4 Å². The first-order valence-corrected chi connectivity index (χ1v) is 9.80. The molecule has 0 atom stereocenters. The summed E-state index contributed by atoms with van der Waals surface area (Å²) in [7, 11) is 0. The van der Waals surface area contributed by atoms with Crippen molar-refractivity contribution in [3.8, 4) is 0 Å². The number of nitrogens with zero attached hydrogens (tertiary/aromatic N) is 4. The van der Waals surface area contributed by atoms with E-state index in [1.54, 1.807) is 19.1 Å². The van der Waals surface area contributed by atoms with E-state index >= 15 is 0 Å². The zero-order valence-corrected chi connectivity index (χ0v) is 17.3. The van der Waals surface area contributed by atoms with E-state index in [4.69, 9.17) is 5.73 Å². The van der Waals surface area contributed by atoms with Crippen molar-refractivity contribution in [2.75, 3.05) is 5.73 Å². The van der Waals surface area contributed by atoms with Gasteiger partial charge in [0, 0.05) is 23.8 Å². The number of aryl methyl sites for hydroxylation is 1. The van der Waals surface area contributed by atoms with Crippen LogP contribution in [-0.4, -0.2) is 25.7 Å². The molecule has 0 aliphatic carbocycles. The summed E-state index contributed by atoms with van der Waals surface area (Å²) < 4.78 is 56.0. The summed E-state index contributed by atoms with van der Waals surface area (Å²) in [6, 6.07) is 7.67. The number of para-hydroxylation sites is 1. The Hall–Kier alpha value is -4.02. The van der Waals surface area contributed by atoms with Gasteiger partial charge in [-0.05, 0) is 30.7 Å². The predicted octanol–water partition coefficient (Wildman–Crippen LogP) is 3.85. The third-order valence-corrected chi connectivity index (χ3v) is 5.02. The van der Waals surface area contributed by atoms with Gasteiger partial charge in [0.05, 0.1) is 29.6 Å². The molecule has 1 amide bonds. The Balaban J connectivity index is 1.53. The number of halogens is 4. The molecule has 0 saturated heterocycles. The van der Waals surface area contributed by atoms with E-state index in [0.717, 1.165) is 17.7 Å². The molecule has 3 aromatic heterocycles. The lowest BCUT2D eigenvalue weighted by atomic mass is 10.1. The van der Waals surface area contributed by atoms with Crippen LogP contribution in [0.1, 0.15) is 32.9 Å². The minimum atomic E-state index is -4.69. The lowest BCUT2D eigenvalue weighted by Gasteiger charge is -2.13. The van der Waals surface area contributed by atoms with Crippen LogP contribution in [-0.2, 0) is 19.3 Å². The maximum Gasteiger partial charge on any atom is 0.417 e. The molecule has 4 rings (SSSR count). The number of hydrogen-bond donors (Lipinski definition) is 2. The summed E-state index contributed by atoms with van der Waals surface area (Å²) in [5.74, 6) is -0.904. The number of carbonyl (C=O) groups is 1. The van der Waals surface area contributed by atoms with Gasteiger partial charge in [-0.1, -0.05) is 18.2 Å². The van der Waals surface area contributed by atoms with E-state index in [1.807, 2.05) is 0 Å². The highest BCUT2D eigenvalue weighted by Crippen LogP contribution is 2.35. The van der Waals surface area contributed by atoms with E-state index in [0.29, 0.717) is 11.5 Å². The standard InChI is InChI=1S/C22H18F4N6O/c1-12-13(5-6-19(27)30-12)8-28-21(33)14-9-29-32(10-14)11-15-7-17(22(24,25)26)16-3-2-4-18(23)20(16)31-15/h2-7,9-10H,8,11H2,1H3,(H2,27,30)(H,28,33). The highest BCUT2D eigenvalue weighted by Gasteiger charge is 2.34. The molecule has 0 radical (unpaired) electrons. The molecular formula is C22H18F4N6O. The first kappa shape index (κ1) is 22.2. The van der Waals surface area contributed by atoms with Gasteiger partial charge in [0.2, 0.25) is 0 Å². The third-order valence-electron chi connectivity index (χ3n) is 5.02. The molecule has 4 aromatic rings. The molecule has 0 saturated carbocycles. The van der Waals surface area contributed by atoms with Gasteiger partial charge >= 0.3 is 6.18 Å². The normalized spacial score (nSPS) is 11.7. The summed E-state index contributed by atoms with van der Waals surface area (Å²) in [5, 5.41) is 6.43. The number of carbonyl (C=O) groups excluding carboxylic acids is 1. The van der Waals surface area contributed by atoms with Crippen molar-refractivity contribution in [2.24, 2.45) is 0 Å². The van der Waals surface area contributed by atoms with Crippen molar-refractivity contribution in [1.29, 1.82) is 0 Å². The zero-order valence-electron chi connectivity index (χ0n) is 17.3. The van der Waals surface area contributed by atoms with Crippen molar-refractivity contribution in [3.05, 3.63) is 82.7 Å². The van der Waals surface area contributed by atoms with Crippen molar-refractivity contribution < 1.29 is 22.4 Å². The second-order valence-corrected chi connectivity index (χ2v) is 7.38. The molecule has 11 heteroatoms. The Labute approximate surface area is 185 Å². The average molecular weight is 458 g/mol. The van der Waals surface area contributed by atoms with Gasteiger partial charge in [0.15, 0.2) is 0 Å². The van der Waals surface area contributed by atoms with Crippen LogP contribution in [0.25, 0.3) is 10.9 Å². The van der Waals surface area contributed by atoms with Gasteiger partial charge in [0.25, 0.3) is 5.91 Å². The first-order chi connectivity index (χ1) is 15.6. The molecule has 7 nitrogen and oxygen atoms in total. The molecule has 170 valence electrons. The number of nitrogen functional groups attached to an aromatic ring is 1. The van der Waals surface area contributed by atoms with Gasteiger partial charge in [-0.15, -0.1) is 0 Å². The van der Waals surface area contributed by atoms with Gasteiger partial charge in [0.1, 0.15) is 17.2 Å². The van der Waals surface area contributed by atoms with Crippen molar-refractivity contribution in [1.82, 2.24) is 25.1 Å². The van der Waals surface area contributed by atoms with Crippen LogP contribution in [0.3, 0.4) is 0 Å². The Morgan fingerprint density at radius 1 is 1.18 bits per heavy atom. The first-order valence-electron chi connectivity index (χ1n) is 9.80. The maximum atomic E-state index is 14.1. The average Bonchev–Trinajstić information content (AvgIpc) is 3.21. The lowest BCUT2D eigenvalue weighted by Crippen LogP contribution is -2.23. The second-order valence-electron chi connectivity index (χ2n) is 7.38. The molecular weight excluding hydrogens is 440 g/mol. The SMILES string of the molecule is Cc1nc(N)ccc1CNC(=O)c1cnn(Cc2cc(C(F)(F)F)c3cccc(F)c3n2)c1. The number of rotatable bonds is 5. The van der Waals surface area contributed by atoms with Crippen molar-refractivity contribution in [3.63, 3.8) is 0 Å². The fourth-order valence-electron chi connectivity index (χ4n) is 3.39. The van der Waals surface area contributed by atoms with Crippen LogP contribution in [0, 0.1) is 12.7 Å². The fourth-order valence-corrected chi connectivity index (χ4v) is 3.39.